The van der Waals surface area contributed by atoms with Gasteiger partial charge in [0.15, 0.2) is 0 Å². The fourth-order valence-corrected chi connectivity index (χ4v) is 2.91. The van der Waals surface area contributed by atoms with Crippen molar-refractivity contribution in [1.82, 2.24) is 10.2 Å². The number of benzene rings is 2. The molecule has 2 aromatic carbocycles. The molecule has 1 N–H and O–H groups in total. The number of carbonyl (C=O) groups excluding carboxylic acids is 2. The Labute approximate surface area is 166 Å². The number of halogens is 1. The van der Waals surface area contributed by atoms with E-state index in [9.17, 15) is 14.0 Å². The molecule has 2 amide bonds. The lowest BCUT2D eigenvalue weighted by Crippen LogP contribution is -2.49. The zero-order valence-corrected chi connectivity index (χ0v) is 17.0. The van der Waals surface area contributed by atoms with Gasteiger partial charge in [0, 0.05) is 12.6 Å². The second-order valence-electron chi connectivity index (χ2n) is 7.25. The van der Waals surface area contributed by atoms with Crippen LogP contribution < -0.4 is 5.32 Å². The molecule has 0 bridgehead atoms. The van der Waals surface area contributed by atoms with E-state index in [1.54, 1.807) is 24.0 Å². The van der Waals surface area contributed by atoms with Gasteiger partial charge in [-0.2, -0.15) is 0 Å². The molecule has 0 aliphatic carbocycles. The van der Waals surface area contributed by atoms with Gasteiger partial charge in [0.2, 0.25) is 11.8 Å². The second-order valence-corrected chi connectivity index (χ2v) is 7.25. The third-order valence-electron chi connectivity index (χ3n) is 5.04. The highest BCUT2D eigenvalue weighted by Gasteiger charge is 2.27. The van der Waals surface area contributed by atoms with Crippen LogP contribution in [0, 0.1) is 12.7 Å². The SMILES string of the molecule is CC[C@H](C)NC(=O)[C@H](C)N(Cc1ccc(F)cc1)C(=O)Cc1ccccc1C. The van der Waals surface area contributed by atoms with Crippen LogP contribution in [0.2, 0.25) is 0 Å². The molecule has 2 rings (SSSR count). The first kappa shape index (κ1) is 21.6. The summed E-state index contributed by atoms with van der Waals surface area (Å²) in [6.45, 7) is 7.88. The van der Waals surface area contributed by atoms with Crippen molar-refractivity contribution in [2.24, 2.45) is 0 Å². The lowest BCUT2D eigenvalue weighted by molar-refractivity contribution is -0.140. The van der Waals surface area contributed by atoms with Crippen LogP contribution in [0.1, 0.15) is 43.9 Å². The van der Waals surface area contributed by atoms with Gasteiger partial charge in [-0.3, -0.25) is 9.59 Å². The van der Waals surface area contributed by atoms with Crippen molar-refractivity contribution in [3.05, 3.63) is 71.0 Å². The maximum Gasteiger partial charge on any atom is 0.242 e. The lowest BCUT2D eigenvalue weighted by atomic mass is 10.0. The average Bonchev–Trinajstić information content (AvgIpc) is 2.68. The predicted molar refractivity (Wildman–Crippen MR) is 109 cm³/mol. The molecule has 150 valence electrons. The van der Waals surface area contributed by atoms with Crippen LogP contribution in [0.3, 0.4) is 0 Å². The van der Waals surface area contributed by atoms with Gasteiger partial charge in [0.05, 0.1) is 6.42 Å². The highest BCUT2D eigenvalue weighted by atomic mass is 19.1. The molecular weight excluding hydrogens is 355 g/mol. The molecule has 0 aromatic heterocycles. The van der Waals surface area contributed by atoms with Gasteiger partial charge in [-0.15, -0.1) is 0 Å². The van der Waals surface area contributed by atoms with E-state index in [1.165, 1.54) is 12.1 Å². The smallest absolute Gasteiger partial charge is 0.242 e. The topological polar surface area (TPSA) is 49.4 Å². The lowest BCUT2D eigenvalue weighted by Gasteiger charge is -2.30. The maximum atomic E-state index is 13.2. The largest absolute Gasteiger partial charge is 0.352 e. The highest BCUT2D eigenvalue weighted by Crippen LogP contribution is 2.15. The summed E-state index contributed by atoms with van der Waals surface area (Å²) < 4.78 is 13.2. The third-order valence-corrected chi connectivity index (χ3v) is 5.04. The van der Waals surface area contributed by atoms with Gasteiger partial charge in [-0.05, 0) is 56.0 Å². The monoisotopic (exact) mass is 384 g/mol. The van der Waals surface area contributed by atoms with Crippen molar-refractivity contribution >= 4 is 11.8 Å². The Morgan fingerprint density at radius 3 is 2.32 bits per heavy atom. The Bertz CT molecular complexity index is 805. The standard InChI is InChI=1S/C23H29FN2O2/c1-5-17(3)25-23(28)18(4)26(15-19-10-12-21(24)13-11-19)22(27)14-20-9-7-6-8-16(20)2/h6-13,17-18H,5,14-15H2,1-4H3,(H,25,28)/t17-,18-/m0/s1. The van der Waals surface area contributed by atoms with Crippen LogP contribution in [0.4, 0.5) is 4.39 Å². The summed E-state index contributed by atoms with van der Waals surface area (Å²) in [4.78, 5) is 27.3. The number of rotatable bonds is 8. The number of amides is 2. The molecule has 0 unspecified atom stereocenters. The van der Waals surface area contributed by atoms with E-state index in [0.717, 1.165) is 23.1 Å². The first-order valence-corrected chi connectivity index (χ1v) is 9.70. The van der Waals surface area contributed by atoms with E-state index in [1.807, 2.05) is 45.0 Å². The molecule has 0 fully saturated rings. The fourth-order valence-electron chi connectivity index (χ4n) is 2.91. The van der Waals surface area contributed by atoms with Crippen LogP contribution in [-0.4, -0.2) is 28.8 Å². The van der Waals surface area contributed by atoms with Gasteiger partial charge in [0.25, 0.3) is 0 Å². The van der Waals surface area contributed by atoms with Gasteiger partial charge >= 0.3 is 0 Å². The number of carbonyl (C=O) groups is 2. The number of hydrogen-bond acceptors (Lipinski definition) is 2. The summed E-state index contributed by atoms with van der Waals surface area (Å²) in [7, 11) is 0. The molecule has 0 saturated carbocycles. The first-order valence-electron chi connectivity index (χ1n) is 9.70. The molecule has 4 nitrogen and oxygen atoms in total. The van der Waals surface area contributed by atoms with E-state index in [0.29, 0.717) is 0 Å². The van der Waals surface area contributed by atoms with Crippen LogP contribution in [0.5, 0.6) is 0 Å². The summed E-state index contributed by atoms with van der Waals surface area (Å²) in [5.41, 5.74) is 2.75. The molecule has 0 radical (unpaired) electrons. The first-order chi connectivity index (χ1) is 13.3. The van der Waals surface area contributed by atoms with Crippen LogP contribution in [0.15, 0.2) is 48.5 Å². The molecule has 0 heterocycles. The Morgan fingerprint density at radius 2 is 1.71 bits per heavy atom. The maximum absolute atomic E-state index is 13.2. The molecule has 0 saturated heterocycles. The summed E-state index contributed by atoms with van der Waals surface area (Å²) in [6, 6.07) is 13.1. The van der Waals surface area contributed by atoms with Crippen molar-refractivity contribution in [3.8, 4) is 0 Å². The summed E-state index contributed by atoms with van der Waals surface area (Å²) >= 11 is 0. The van der Waals surface area contributed by atoms with Gasteiger partial charge in [-0.1, -0.05) is 43.3 Å². The van der Waals surface area contributed by atoms with Crippen molar-refractivity contribution < 1.29 is 14.0 Å². The summed E-state index contributed by atoms with van der Waals surface area (Å²) in [6.07, 6.45) is 1.03. The fraction of sp³-hybridized carbons (Fsp3) is 0.391. The van der Waals surface area contributed by atoms with E-state index in [-0.39, 0.29) is 36.6 Å². The Hall–Kier alpha value is -2.69. The Balaban J connectivity index is 2.23. The van der Waals surface area contributed by atoms with Crippen molar-refractivity contribution in [1.29, 1.82) is 0 Å². The van der Waals surface area contributed by atoms with E-state index in [2.05, 4.69) is 5.32 Å². The third kappa shape index (κ3) is 5.91. The van der Waals surface area contributed by atoms with Crippen molar-refractivity contribution in [2.75, 3.05) is 0 Å². The van der Waals surface area contributed by atoms with Gasteiger partial charge in [0.1, 0.15) is 11.9 Å². The number of aryl methyl sites for hydroxylation is 1. The molecular formula is C23H29FN2O2. The number of hydrogen-bond donors (Lipinski definition) is 1. The Kier molecular flexibility index (Phi) is 7.73. The Morgan fingerprint density at radius 1 is 1.07 bits per heavy atom. The van der Waals surface area contributed by atoms with Crippen molar-refractivity contribution in [2.45, 2.75) is 59.2 Å². The molecule has 0 aliphatic heterocycles. The van der Waals surface area contributed by atoms with E-state index < -0.39 is 6.04 Å². The second kappa shape index (κ2) is 10.0. The average molecular weight is 384 g/mol. The normalized spacial score (nSPS) is 12.9. The van der Waals surface area contributed by atoms with Crippen LogP contribution >= 0.6 is 0 Å². The van der Waals surface area contributed by atoms with Crippen LogP contribution in [-0.2, 0) is 22.6 Å². The van der Waals surface area contributed by atoms with Gasteiger partial charge in [-0.25, -0.2) is 4.39 Å². The summed E-state index contributed by atoms with van der Waals surface area (Å²) in [5.74, 6) is -0.649. The molecule has 28 heavy (non-hydrogen) atoms. The molecule has 5 heteroatoms. The zero-order chi connectivity index (χ0) is 20.7. The number of nitrogens with one attached hydrogen (secondary N) is 1. The molecule has 2 atom stereocenters. The molecule has 0 aliphatic rings. The minimum Gasteiger partial charge on any atom is -0.352 e. The van der Waals surface area contributed by atoms with Crippen molar-refractivity contribution in [3.63, 3.8) is 0 Å². The molecule has 2 aromatic rings. The van der Waals surface area contributed by atoms with E-state index >= 15 is 0 Å². The summed E-state index contributed by atoms with van der Waals surface area (Å²) in [5, 5.41) is 2.94. The highest BCUT2D eigenvalue weighted by molar-refractivity contribution is 5.88. The molecule has 0 spiro atoms. The zero-order valence-electron chi connectivity index (χ0n) is 17.0. The van der Waals surface area contributed by atoms with Gasteiger partial charge < -0.3 is 10.2 Å². The number of nitrogens with zero attached hydrogens (tertiary/aromatic N) is 1. The van der Waals surface area contributed by atoms with Crippen LogP contribution in [0.25, 0.3) is 0 Å². The van der Waals surface area contributed by atoms with E-state index in [4.69, 9.17) is 0 Å². The minimum atomic E-state index is -0.629. The predicted octanol–water partition coefficient (Wildman–Crippen LogP) is 4.01. The quantitative estimate of drug-likeness (QED) is 0.748. The minimum absolute atomic E-state index is 0.0362.